The molecule has 0 aromatic heterocycles. The molecule has 1 aromatic rings. The average Bonchev–Trinajstić information content (AvgIpc) is 3.17. The predicted octanol–water partition coefficient (Wildman–Crippen LogP) is 2.52. The van der Waals surface area contributed by atoms with E-state index in [-0.39, 0.29) is 5.91 Å². The molecule has 7 nitrogen and oxygen atoms in total. The highest BCUT2D eigenvalue weighted by Gasteiger charge is 2.32. The lowest BCUT2D eigenvalue weighted by Crippen LogP contribution is -2.36. The van der Waals surface area contributed by atoms with E-state index in [0.717, 1.165) is 62.7 Å². The topological polar surface area (TPSA) is 66.4 Å². The molecule has 1 aromatic carbocycles. The first kappa shape index (κ1) is 20.6. The maximum atomic E-state index is 12.8. The summed E-state index contributed by atoms with van der Waals surface area (Å²) >= 11 is 0. The Hall–Kier alpha value is -2.64. The second kappa shape index (κ2) is 9.02. The maximum Gasteiger partial charge on any atom is 0.256 e. The number of carbonyl (C=O) groups excluding carboxylic acids is 1. The van der Waals surface area contributed by atoms with Crippen LogP contribution in [0.5, 0.6) is 0 Å². The van der Waals surface area contributed by atoms with Crippen molar-refractivity contribution < 1.29 is 14.3 Å². The Bertz CT molecular complexity index is 894. The van der Waals surface area contributed by atoms with Gasteiger partial charge in [0.15, 0.2) is 0 Å². The van der Waals surface area contributed by atoms with E-state index < -0.39 is 0 Å². The minimum atomic E-state index is -0.128. The molecule has 160 valence electrons. The zero-order valence-electron chi connectivity index (χ0n) is 18.0. The second-order valence-electron chi connectivity index (χ2n) is 8.12. The van der Waals surface area contributed by atoms with Crippen molar-refractivity contribution in [3.05, 3.63) is 58.1 Å². The number of morpholine rings is 1. The van der Waals surface area contributed by atoms with Crippen molar-refractivity contribution in [1.29, 1.82) is 0 Å². The Morgan fingerprint density at radius 3 is 2.60 bits per heavy atom. The third kappa shape index (κ3) is 4.42. The molecule has 2 aliphatic heterocycles. The molecule has 1 saturated heterocycles. The number of allylic oxidation sites excluding steroid dienone is 3. The number of carbonyl (C=O) groups is 1. The van der Waals surface area contributed by atoms with E-state index in [9.17, 15) is 4.79 Å². The molecule has 3 aliphatic rings. The lowest BCUT2D eigenvalue weighted by molar-refractivity contribution is 0.0510. The van der Waals surface area contributed by atoms with E-state index in [1.165, 1.54) is 11.3 Å². The number of aliphatic imine (C=N–C) groups is 1. The van der Waals surface area contributed by atoms with Crippen molar-refractivity contribution in [2.45, 2.75) is 25.8 Å². The van der Waals surface area contributed by atoms with Gasteiger partial charge in [-0.15, -0.1) is 0 Å². The molecule has 0 saturated carbocycles. The fourth-order valence-electron chi connectivity index (χ4n) is 4.23. The number of amidine groups is 1. The van der Waals surface area contributed by atoms with Gasteiger partial charge in [-0.1, -0.05) is 12.1 Å². The Morgan fingerprint density at radius 2 is 1.93 bits per heavy atom. The molecular formula is C23H30N4O3. The van der Waals surface area contributed by atoms with Crippen LogP contribution in [-0.4, -0.2) is 69.1 Å². The summed E-state index contributed by atoms with van der Waals surface area (Å²) in [5, 5.41) is 3.01. The van der Waals surface area contributed by atoms with Crippen molar-refractivity contribution in [3.8, 4) is 0 Å². The van der Waals surface area contributed by atoms with Crippen LogP contribution in [-0.2, 0) is 16.0 Å². The van der Waals surface area contributed by atoms with Crippen LogP contribution in [0.15, 0.2) is 52.0 Å². The van der Waals surface area contributed by atoms with Gasteiger partial charge in [-0.2, -0.15) is 0 Å². The summed E-state index contributed by atoms with van der Waals surface area (Å²) in [6.07, 6.45) is 2.36. The smallest absolute Gasteiger partial charge is 0.256 e. The number of methoxy groups -OCH3 is 1. The van der Waals surface area contributed by atoms with Gasteiger partial charge in [0.25, 0.3) is 5.91 Å². The number of benzene rings is 1. The van der Waals surface area contributed by atoms with Crippen LogP contribution in [0, 0.1) is 0 Å². The summed E-state index contributed by atoms with van der Waals surface area (Å²) in [5.74, 6) is 1.53. The first-order chi connectivity index (χ1) is 14.5. The van der Waals surface area contributed by atoms with E-state index in [2.05, 4.69) is 15.1 Å². The highest BCUT2D eigenvalue weighted by Crippen LogP contribution is 2.39. The van der Waals surface area contributed by atoms with E-state index in [4.69, 9.17) is 14.5 Å². The Morgan fingerprint density at radius 1 is 1.20 bits per heavy atom. The van der Waals surface area contributed by atoms with Gasteiger partial charge in [-0.3, -0.25) is 4.79 Å². The third-order valence-electron chi connectivity index (χ3n) is 5.69. The summed E-state index contributed by atoms with van der Waals surface area (Å²) in [6.45, 7) is 4.09. The highest BCUT2D eigenvalue weighted by atomic mass is 16.5. The van der Waals surface area contributed by atoms with Gasteiger partial charge in [0.05, 0.1) is 26.0 Å². The van der Waals surface area contributed by atoms with Crippen LogP contribution in [0.3, 0.4) is 0 Å². The average molecular weight is 411 g/mol. The largest absolute Gasteiger partial charge is 0.501 e. The summed E-state index contributed by atoms with van der Waals surface area (Å²) in [4.78, 5) is 22.1. The zero-order valence-corrected chi connectivity index (χ0v) is 18.0. The third-order valence-corrected chi connectivity index (χ3v) is 5.69. The summed E-state index contributed by atoms with van der Waals surface area (Å²) in [6, 6.07) is 7.73. The molecule has 2 heterocycles. The molecule has 1 fully saturated rings. The van der Waals surface area contributed by atoms with Crippen molar-refractivity contribution in [1.82, 2.24) is 15.1 Å². The molecule has 1 amide bonds. The second-order valence-corrected chi connectivity index (χ2v) is 8.12. The number of nitrogens with one attached hydrogen (secondary N) is 1. The lowest BCUT2D eigenvalue weighted by Gasteiger charge is -2.34. The normalized spacial score (nSPS) is 19.2. The minimum Gasteiger partial charge on any atom is -0.501 e. The molecular weight excluding hydrogens is 380 g/mol. The summed E-state index contributed by atoms with van der Waals surface area (Å²) in [7, 11) is 5.77. The molecule has 0 radical (unpaired) electrons. The van der Waals surface area contributed by atoms with Gasteiger partial charge >= 0.3 is 0 Å². The Balaban J connectivity index is 1.53. The van der Waals surface area contributed by atoms with Gasteiger partial charge in [0, 0.05) is 49.3 Å². The molecule has 0 spiro atoms. The van der Waals surface area contributed by atoms with Gasteiger partial charge in [-0.05, 0) is 38.2 Å². The maximum absolute atomic E-state index is 12.8. The number of rotatable bonds is 5. The fraction of sp³-hybridized carbons (Fsp3) is 0.478. The zero-order chi connectivity index (χ0) is 21.1. The van der Waals surface area contributed by atoms with Gasteiger partial charge < -0.3 is 24.6 Å². The highest BCUT2D eigenvalue weighted by molar-refractivity contribution is 6.08. The first-order valence-corrected chi connectivity index (χ1v) is 10.5. The minimum absolute atomic E-state index is 0.128. The van der Waals surface area contributed by atoms with Crippen molar-refractivity contribution in [3.63, 3.8) is 0 Å². The van der Waals surface area contributed by atoms with Crippen LogP contribution in [0.1, 0.15) is 35.2 Å². The molecule has 1 aliphatic carbocycles. The first-order valence-electron chi connectivity index (χ1n) is 10.5. The molecule has 30 heavy (non-hydrogen) atoms. The van der Waals surface area contributed by atoms with Gasteiger partial charge in [0.1, 0.15) is 11.6 Å². The number of hydrogen-bond acceptors (Lipinski definition) is 6. The van der Waals surface area contributed by atoms with Gasteiger partial charge in [0.2, 0.25) is 0 Å². The number of amides is 1. The van der Waals surface area contributed by atoms with E-state index >= 15 is 0 Å². The molecule has 1 N–H and O–H groups in total. The van der Waals surface area contributed by atoms with Crippen LogP contribution < -0.4 is 5.32 Å². The lowest BCUT2D eigenvalue weighted by atomic mass is 9.97. The number of fused-ring (bicyclic) bond motifs is 1. The number of nitrogens with zero attached hydrogens (tertiary/aromatic N) is 3. The van der Waals surface area contributed by atoms with Crippen LogP contribution >= 0.6 is 0 Å². The predicted molar refractivity (Wildman–Crippen MR) is 116 cm³/mol. The molecule has 0 unspecified atom stereocenters. The molecule has 4 rings (SSSR count). The van der Waals surface area contributed by atoms with Crippen molar-refractivity contribution in [2.24, 2.45) is 4.99 Å². The van der Waals surface area contributed by atoms with E-state index in [0.29, 0.717) is 17.8 Å². The summed E-state index contributed by atoms with van der Waals surface area (Å²) in [5.41, 5.74) is 5.12. The molecule has 0 atom stereocenters. The molecule has 0 bridgehead atoms. The van der Waals surface area contributed by atoms with Crippen molar-refractivity contribution >= 4 is 11.7 Å². The van der Waals surface area contributed by atoms with E-state index in [1.807, 2.05) is 38.4 Å². The van der Waals surface area contributed by atoms with Crippen LogP contribution in [0.25, 0.3) is 0 Å². The van der Waals surface area contributed by atoms with Gasteiger partial charge in [-0.25, -0.2) is 4.99 Å². The monoisotopic (exact) mass is 410 g/mol. The van der Waals surface area contributed by atoms with E-state index in [1.54, 1.807) is 7.11 Å². The quantitative estimate of drug-likeness (QED) is 0.808. The van der Waals surface area contributed by atoms with Crippen LogP contribution in [0.4, 0.5) is 0 Å². The van der Waals surface area contributed by atoms with Crippen LogP contribution in [0.2, 0.25) is 0 Å². The standard InChI is InChI=1S/C23H30N4O3/c1-26(2)15-16-4-6-17(7-5-16)23(28)25-21-14-18-20(29-3)9-8-19(22(18)24-21)27-10-12-30-13-11-27/h4-7H,8-15H2,1-3H3,(H,24,25,28). The SMILES string of the molecule is COC1=C2CC(NC(=O)c3ccc(CN(C)C)cc3)=NC2=C(N2CCOCC2)CC1. The molecule has 7 heteroatoms. The Labute approximate surface area is 178 Å². The fourth-order valence-corrected chi connectivity index (χ4v) is 4.23. The Kier molecular flexibility index (Phi) is 6.20. The van der Waals surface area contributed by atoms with Crippen molar-refractivity contribution in [2.75, 3.05) is 47.5 Å². The number of hydrogen-bond donors (Lipinski definition) is 1. The number of ether oxygens (including phenoxy) is 2. The summed E-state index contributed by atoms with van der Waals surface area (Å²) < 4.78 is 11.1.